The van der Waals surface area contributed by atoms with Gasteiger partial charge >= 0.3 is 0 Å². The molecule has 0 saturated heterocycles. The first-order valence-electron chi connectivity index (χ1n) is 8.55. The molecule has 3 aromatic rings. The number of hydrogen-bond acceptors (Lipinski definition) is 6. The van der Waals surface area contributed by atoms with Gasteiger partial charge < -0.3 is 14.6 Å². The van der Waals surface area contributed by atoms with Crippen molar-refractivity contribution in [2.45, 2.75) is 25.6 Å². The molecule has 0 unspecified atom stereocenters. The quantitative estimate of drug-likeness (QED) is 0.465. The van der Waals surface area contributed by atoms with E-state index in [2.05, 4.69) is 26.6 Å². The van der Waals surface area contributed by atoms with Crippen molar-refractivity contribution in [3.63, 3.8) is 0 Å². The Morgan fingerprint density at radius 1 is 1.29 bits per heavy atom. The predicted molar refractivity (Wildman–Crippen MR) is 110 cm³/mol. The molecule has 9 heteroatoms. The number of nitrogens with one attached hydrogen (secondary N) is 1. The van der Waals surface area contributed by atoms with Crippen LogP contribution in [0.3, 0.4) is 0 Å². The minimum Gasteiger partial charge on any atom is -0.485 e. The predicted octanol–water partition coefficient (Wildman–Crippen LogP) is 3.79. The Kier molecular flexibility index (Phi) is 6.53. The van der Waals surface area contributed by atoms with Crippen molar-refractivity contribution in [3.05, 3.63) is 58.6 Å². The smallest absolute Gasteiger partial charge is 0.234 e. The first-order chi connectivity index (χ1) is 13.4. The summed E-state index contributed by atoms with van der Waals surface area (Å²) in [6.45, 7) is 4.35. The summed E-state index contributed by atoms with van der Waals surface area (Å²) in [5.41, 5.74) is 2.74. The molecule has 0 aliphatic heterocycles. The highest BCUT2D eigenvalue weighted by Crippen LogP contribution is 2.22. The molecule has 1 aromatic carbocycles. The van der Waals surface area contributed by atoms with E-state index >= 15 is 0 Å². The minimum atomic E-state index is -0.198. The molecule has 28 heavy (non-hydrogen) atoms. The summed E-state index contributed by atoms with van der Waals surface area (Å²) in [7, 11) is 1.85. The van der Waals surface area contributed by atoms with E-state index in [1.807, 2.05) is 37.6 Å². The van der Waals surface area contributed by atoms with Crippen molar-refractivity contribution in [2.24, 2.45) is 7.05 Å². The molecule has 0 atom stereocenters. The van der Waals surface area contributed by atoms with E-state index in [1.54, 1.807) is 18.3 Å². The third kappa shape index (κ3) is 5.02. The maximum Gasteiger partial charge on any atom is 0.234 e. The van der Waals surface area contributed by atoms with E-state index < -0.39 is 0 Å². The van der Waals surface area contributed by atoms with Crippen molar-refractivity contribution in [1.29, 1.82) is 0 Å². The molecule has 0 fully saturated rings. The first kappa shape index (κ1) is 20.2. The zero-order valence-electron chi connectivity index (χ0n) is 15.8. The number of carbonyl (C=O) groups excluding carboxylic acids is 1. The number of nitrogens with zero attached hydrogens (tertiary/aromatic N) is 4. The zero-order chi connectivity index (χ0) is 20.1. The van der Waals surface area contributed by atoms with Crippen LogP contribution in [0.15, 0.2) is 41.7 Å². The number of thioether (sulfide) groups is 1. The van der Waals surface area contributed by atoms with Gasteiger partial charge in [-0.05, 0) is 37.6 Å². The Bertz CT molecular complexity index is 992. The number of aromatic nitrogens is 4. The van der Waals surface area contributed by atoms with Gasteiger partial charge in [0.2, 0.25) is 5.91 Å². The maximum absolute atomic E-state index is 12.1. The summed E-state index contributed by atoms with van der Waals surface area (Å²) in [6, 6.07) is 9.43. The van der Waals surface area contributed by atoms with Gasteiger partial charge in [-0.1, -0.05) is 41.1 Å². The van der Waals surface area contributed by atoms with Gasteiger partial charge in [-0.2, -0.15) is 0 Å². The number of halogens is 1. The van der Waals surface area contributed by atoms with Crippen LogP contribution in [0.5, 0.6) is 5.75 Å². The fourth-order valence-corrected chi connectivity index (χ4v) is 3.39. The van der Waals surface area contributed by atoms with Crippen molar-refractivity contribution in [2.75, 3.05) is 11.1 Å². The molecular weight excluding hydrogens is 398 g/mol. The highest BCUT2D eigenvalue weighted by atomic mass is 35.5. The highest BCUT2D eigenvalue weighted by molar-refractivity contribution is 7.99. The monoisotopic (exact) mass is 417 g/mol. The lowest BCUT2D eigenvalue weighted by Gasteiger charge is -2.09. The molecule has 0 saturated carbocycles. The average molecular weight is 418 g/mol. The third-order valence-corrected chi connectivity index (χ3v) is 5.30. The fraction of sp³-hybridized carbons (Fsp3) is 0.263. The fourth-order valence-electron chi connectivity index (χ4n) is 2.50. The van der Waals surface area contributed by atoms with Crippen molar-refractivity contribution in [3.8, 4) is 5.75 Å². The van der Waals surface area contributed by atoms with Gasteiger partial charge in [0.25, 0.3) is 0 Å². The van der Waals surface area contributed by atoms with Crippen LogP contribution < -0.4 is 10.1 Å². The molecule has 7 nitrogen and oxygen atoms in total. The third-order valence-electron chi connectivity index (χ3n) is 3.98. The molecule has 146 valence electrons. The molecule has 0 bridgehead atoms. The van der Waals surface area contributed by atoms with Crippen LogP contribution in [0.4, 0.5) is 5.69 Å². The lowest BCUT2D eigenvalue weighted by molar-refractivity contribution is -0.113. The Labute approximate surface area is 172 Å². The van der Waals surface area contributed by atoms with Crippen molar-refractivity contribution >= 4 is 35.0 Å². The summed E-state index contributed by atoms with van der Waals surface area (Å²) < 4.78 is 7.67. The van der Waals surface area contributed by atoms with Crippen LogP contribution in [-0.4, -0.2) is 31.4 Å². The van der Waals surface area contributed by atoms with Gasteiger partial charge in [0.05, 0.1) is 11.4 Å². The first-order valence-corrected chi connectivity index (χ1v) is 9.92. The van der Waals surface area contributed by atoms with Crippen LogP contribution in [0.1, 0.15) is 17.0 Å². The number of hydrogen-bond donors (Lipinski definition) is 1. The standard InChI is InChI=1S/C19H20ClN5O2S/c1-12-6-7-15(13(2)9-12)27-10-16-23-24-19(25(16)3)28-11-17(26)22-14-5-4-8-21-18(14)20/h4-9H,10-11H2,1-3H3,(H,22,26). The second-order valence-electron chi connectivity index (χ2n) is 6.19. The van der Waals surface area contributed by atoms with Gasteiger partial charge in [0.15, 0.2) is 16.1 Å². The number of rotatable bonds is 7. The molecule has 2 aromatic heterocycles. The topological polar surface area (TPSA) is 81.9 Å². The van der Waals surface area contributed by atoms with Crippen LogP contribution in [0.2, 0.25) is 5.15 Å². The van der Waals surface area contributed by atoms with E-state index in [0.717, 1.165) is 11.3 Å². The highest BCUT2D eigenvalue weighted by Gasteiger charge is 2.13. The molecular formula is C19H20ClN5O2S. The number of pyridine rings is 1. The second kappa shape index (κ2) is 9.07. The Morgan fingerprint density at radius 3 is 2.86 bits per heavy atom. The molecule has 1 N–H and O–H groups in total. The summed E-state index contributed by atoms with van der Waals surface area (Å²) in [4.78, 5) is 16.1. The Morgan fingerprint density at radius 2 is 2.11 bits per heavy atom. The van der Waals surface area contributed by atoms with Crippen LogP contribution in [0, 0.1) is 13.8 Å². The molecule has 0 spiro atoms. The molecule has 2 heterocycles. The summed E-state index contributed by atoms with van der Waals surface area (Å²) in [5, 5.41) is 11.9. The van der Waals surface area contributed by atoms with E-state index in [-0.39, 0.29) is 16.8 Å². The lowest BCUT2D eigenvalue weighted by Crippen LogP contribution is -2.15. The molecule has 3 rings (SSSR count). The van der Waals surface area contributed by atoms with E-state index in [0.29, 0.717) is 23.3 Å². The number of benzene rings is 1. The van der Waals surface area contributed by atoms with Gasteiger partial charge in [-0.3, -0.25) is 4.79 Å². The summed E-state index contributed by atoms with van der Waals surface area (Å²) in [5.74, 6) is 1.47. The number of carbonyl (C=O) groups is 1. The zero-order valence-corrected chi connectivity index (χ0v) is 17.3. The van der Waals surface area contributed by atoms with E-state index in [1.165, 1.54) is 17.3 Å². The number of aryl methyl sites for hydroxylation is 2. The largest absolute Gasteiger partial charge is 0.485 e. The lowest BCUT2D eigenvalue weighted by atomic mass is 10.1. The molecule has 0 aliphatic rings. The summed E-state index contributed by atoms with van der Waals surface area (Å²) >= 11 is 7.23. The van der Waals surface area contributed by atoms with Crippen LogP contribution >= 0.6 is 23.4 Å². The second-order valence-corrected chi connectivity index (χ2v) is 7.49. The van der Waals surface area contributed by atoms with Gasteiger partial charge in [-0.15, -0.1) is 10.2 Å². The molecule has 0 radical (unpaired) electrons. The minimum absolute atomic E-state index is 0.176. The number of anilines is 1. The maximum atomic E-state index is 12.1. The van der Waals surface area contributed by atoms with Gasteiger partial charge in [0.1, 0.15) is 12.4 Å². The van der Waals surface area contributed by atoms with Crippen LogP contribution in [0.25, 0.3) is 0 Å². The normalized spacial score (nSPS) is 10.7. The SMILES string of the molecule is Cc1ccc(OCc2nnc(SCC(=O)Nc3cccnc3Cl)n2C)c(C)c1. The summed E-state index contributed by atoms with van der Waals surface area (Å²) in [6.07, 6.45) is 1.56. The molecule has 1 amide bonds. The van der Waals surface area contributed by atoms with Gasteiger partial charge in [-0.25, -0.2) is 4.98 Å². The molecule has 0 aliphatic carbocycles. The van der Waals surface area contributed by atoms with Crippen LogP contribution in [-0.2, 0) is 18.4 Å². The van der Waals surface area contributed by atoms with E-state index in [4.69, 9.17) is 16.3 Å². The van der Waals surface area contributed by atoms with E-state index in [9.17, 15) is 4.79 Å². The van der Waals surface area contributed by atoms with Crippen molar-refractivity contribution in [1.82, 2.24) is 19.7 Å². The van der Waals surface area contributed by atoms with Gasteiger partial charge in [0, 0.05) is 13.2 Å². The Balaban J connectivity index is 1.55. The Hall–Kier alpha value is -2.58. The average Bonchev–Trinajstić information content (AvgIpc) is 3.01. The number of amides is 1. The van der Waals surface area contributed by atoms with Crippen molar-refractivity contribution < 1.29 is 9.53 Å². The number of ether oxygens (including phenoxy) is 1.